The third-order valence-corrected chi connectivity index (χ3v) is 4.66. The summed E-state index contributed by atoms with van der Waals surface area (Å²) in [6.45, 7) is 5.26. The van der Waals surface area contributed by atoms with Crippen LogP contribution in [-0.4, -0.2) is 54.3 Å². The number of aryl methyl sites for hydroxylation is 2. The SMILES string of the molecule is Nc1ncc2c(n1)-c1ccc(OCCN3CCOCC3)cc1CC2. The van der Waals surface area contributed by atoms with E-state index in [4.69, 9.17) is 15.2 Å². The summed E-state index contributed by atoms with van der Waals surface area (Å²) in [5, 5.41) is 0. The summed E-state index contributed by atoms with van der Waals surface area (Å²) in [5.74, 6) is 1.25. The number of nitrogen functional groups attached to an aromatic ring is 1. The standard InChI is InChI=1S/C18H22N4O2/c19-18-20-12-14-2-1-13-11-15(3-4-16(13)17(14)21-18)24-10-7-22-5-8-23-9-6-22/h3-4,11-12H,1-2,5-10H2,(H2,19,20,21). The average molecular weight is 326 g/mol. The van der Waals surface area contributed by atoms with Crippen molar-refractivity contribution >= 4 is 5.95 Å². The van der Waals surface area contributed by atoms with Crippen LogP contribution >= 0.6 is 0 Å². The van der Waals surface area contributed by atoms with Gasteiger partial charge < -0.3 is 15.2 Å². The number of benzene rings is 1. The Morgan fingerprint density at radius 2 is 2.00 bits per heavy atom. The number of ether oxygens (including phenoxy) is 2. The Morgan fingerprint density at radius 3 is 2.88 bits per heavy atom. The second-order valence-electron chi connectivity index (χ2n) is 6.22. The van der Waals surface area contributed by atoms with Crippen molar-refractivity contribution in [2.75, 3.05) is 45.2 Å². The number of aromatic nitrogens is 2. The molecule has 2 aromatic rings. The summed E-state index contributed by atoms with van der Waals surface area (Å²) in [5.41, 5.74) is 10.3. The fraction of sp³-hybridized carbons (Fsp3) is 0.444. The van der Waals surface area contributed by atoms with Crippen molar-refractivity contribution in [1.82, 2.24) is 14.9 Å². The van der Waals surface area contributed by atoms with Crippen LogP contribution in [0.5, 0.6) is 5.75 Å². The van der Waals surface area contributed by atoms with Crippen LogP contribution in [0.3, 0.4) is 0 Å². The van der Waals surface area contributed by atoms with Crippen molar-refractivity contribution < 1.29 is 9.47 Å². The highest BCUT2D eigenvalue weighted by molar-refractivity contribution is 5.70. The molecule has 1 aliphatic heterocycles. The predicted octanol–water partition coefficient (Wildman–Crippen LogP) is 1.54. The van der Waals surface area contributed by atoms with Crippen molar-refractivity contribution in [3.8, 4) is 17.0 Å². The largest absolute Gasteiger partial charge is 0.492 e. The van der Waals surface area contributed by atoms with E-state index < -0.39 is 0 Å². The first-order valence-corrected chi connectivity index (χ1v) is 8.47. The maximum atomic E-state index is 5.95. The van der Waals surface area contributed by atoms with Crippen LogP contribution in [0.1, 0.15) is 11.1 Å². The molecule has 2 N–H and O–H groups in total. The van der Waals surface area contributed by atoms with E-state index in [0.717, 1.165) is 68.3 Å². The van der Waals surface area contributed by atoms with E-state index in [1.165, 1.54) is 5.56 Å². The lowest BCUT2D eigenvalue weighted by molar-refractivity contribution is 0.0322. The molecule has 6 heteroatoms. The minimum atomic E-state index is 0.326. The molecule has 0 saturated carbocycles. The molecule has 2 aliphatic rings. The highest BCUT2D eigenvalue weighted by atomic mass is 16.5. The molecule has 0 atom stereocenters. The molecule has 2 heterocycles. The molecule has 1 aromatic heterocycles. The molecule has 6 nitrogen and oxygen atoms in total. The van der Waals surface area contributed by atoms with Gasteiger partial charge in [0, 0.05) is 31.4 Å². The smallest absolute Gasteiger partial charge is 0.220 e. The summed E-state index contributed by atoms with van der Waals surface area (Å²) >= 11 is 0. The van der Waals surface area contributed by atoms with Crippen molar-refractivity contribution in [2.24, 2.45) is 0 Å². The van der Waals surface area contributed by atoms with Crippen molar-refractivity contribution in [3.05, 3.63) is 35.5 Å². The van der Waals surface area contributed by atoms with E-state index in [1.807, 2.05) is 12.3 Å². The molecule has 126 valence electrons. The van der Waals surface area contributed by atoms with Crippen LogP contribution in [0.15, 0.2) is 24.4 Å². The predicted molar refractivity (Wildman–Crippen MR) is 92.0 cm³/mol. The summed E-state index contributed by atoms with van der Waals surface area (Å²) in [6, 6.07) is 6.24. The number of nitrogens with zero attached hydrogens (tertiary/aromatic N) is 3. The van der Waals surface area contributed by atoms with Gasteiger partial charge >= 0.3 is 0 Å². The second-order valence-corrected chi connectivity index (χ2v) is 6.22. The summed E-state index contributed by atoms with van der Waals surface area (Å²) in [7, 11) is 0. The molecule has 0 radical (unpaired) electrons. The monoisotopic (exact) mass is 326 g/mol. The van der Waals surface area contributed by atoms with Gasteiger partial charge in [-0.05, 0) is 42.2 Å². The normalized spacial score (nSPS) is 17.2. The lowest BCUT2D eigenvalue weighted by Crippen LogP contribution is -2.38. The molecule has 0 unspecified atom stereocenters. The van der Waals surface area contributed by atoms with Gasteiger partial charge in [-0.15, -0.1) is 0 Å². The van der Waals surface area contributed by atoms with E-state index in [1.54, 1.807) is 0 Å². The Morgan fingerprint density at radius 1 is 1.17 bits per heavy atom. The van der Waals surface area contributed by atoms with Gasteiger partial charge in [-0.3, -0.25) is 4.90 Å². The molecule has 0 spiro atoms. The maximum Gasteiger partial charge on any atom is 0.220 e. The number of nitrogens with two attached hydrogens (primary N) is 1. The molecule has 1 fully saturated rings. The van der Waals surface area contributed by atoms with E-state index in [2.05, 4.69) is 27.0 Å². The van der Waals surface area contributed by atoms with Crippen molar-refractivity contribution in [2.45, 2.75) is 12.8 Å². The lowest BCUT2D eigenvalue weighted by atomic mass is 9.90. The minimum Gasteiger partial charge on any atom is -0.492 e. The Balaban J connectivity index is 1.44. The lowest BCUT2D eigenvalue weighted by Gasteiger charge is -2.26. The van der Waals surface area contributed by atoms with Gasteiger partial charge in [-0.1, -0.05) is 0 Å². The highest BCUT2D eigenvalue weighted by Gasteiger charge is 2.19. The molecule has 24 heavy (non-hydrogen) atoms. The minimum absolute atomic E-state index is 0.326. The first-order chi connectivity index (χ1) is 11.8. The van der Waals surface area contributed by atoms with Crippen LogP contribution < -0.4 is 10.5 Å². The van der Waals surface area contributed by atoms with Gasteiger partial charge in [-0.2, -0.15) is 0 Å². The number of rotatable bonds is 4. The number of hydrogen-bond acceptors (Lipinski definition) is 6. The molecule has 1 aliphatic carbocycles. The number of hydrogen-bond donors (Lipinski definition) is 1. The molecule has 0 bridgehead atoms. The summed E-state index contributed by atoms with van der Waals surface area (Å²) in [6.07, 6.45) is 3.77. The fourth-order valence-electron chi connectivity index (χ4n) is 3.32. The molecular formula is C18H22N4O2. The zero-order valence-electron chi connectivity index (χ0n) is 13.7. The van der Waals surface area contributed by atoms with E-state index in [-0.39, 0.29) is 0 Å². The van der Waals surface area contributed by atoms with Gasteiger partial charge in [0.05, 0.1) is 18.9 Å². The zero-order chi connectivity index (χ0) is 16.4. The molecule has 4 rings (SSSR count). The highest BCUT2D eigenvalue weighted by Crippen LogP contribution is 2.34. The number of morpholine rings is 1. The molecule has 1 aromatic carbocycles. The average Bonchev–Trinajstić information content (AvgIpc) is 2.62. The van der Waals surface area contributed by atoms with Gasteiger partial charge in [0.25, 0.3) is 0 Å². The van der Waals surface area contributed by atoms with E-state index >= 15 is 0 Å². The zero-order valence-corrected chi connectivity index (χ0v) is 13.7. The van der Waals surface area contributed by atoms with Crippen LogP contribution in [0.25, 0.3) is 11.3 Å². The molecule has 1 saturated heterocycles. The maximum absolute atomic E-state index is 5.95. The van der Waals surface area contributed by atoms with Gasteiger partial charge in [0.2, 0.25) is 5.95 Å². The number of fused-ring (bicyclic) bond motifs is 3. The second kappa shape index (κ2) is 6.75. The van der Waals surface area contributed by atoms with Crippen LogP contribution in [0, 0.1) is 0 Å². The topological polar surface area (TPSA) is 73.5 Å². The third kappa shape index (κ3) is 3.20. The van der Waals surface area contributed by atoms with Crippen molar-refractivity contribution in [3.63, 3.8) is 0 Å². The Labute approximate surface area is 141 Å². The van der Waals surface area contributed by atoms with Gasteiger partial charge in [0.15, 0.2) is 0 Å². The van der Waals surface area contributed by atoms with Crippen LogP contribution in [-0.2, 0) is 17.6 Å². The van der Waals surface area contributed by atoms with E-state index in [0.29, 0.717) is 12.6 Å². The third-order valence-electron chi connectivity index (χ3n) is 4.66. The quantitative estimate of drug-likeness (QED) is 0.919. The Hall–Kier alpha value is -2.18. The van der Waals surface area contributed by atoms with Gasteiger partial charge in [0.1, 0.15) is 12.4 Å². The van der Waals surface area contributed by atoms with Gasteiger partial charge in [-0.25, -0.2) is 9.97 Å². The summed E-state index contributed by atoms with van der Waals surface area (Å²) < 4.78 is 11.3. The Kier molecular flexibility index (Phi) is 4.32. The number of anilines is 1. The fourth-order valence-corrected chi connectivity index (χ4v) is 3.32. The first kappa shape index (κ1) is 15.4. The van der Waals surface area contributed by atoms with Crippen LogP contribution in [0.2, 0.25) is 0 Å². The first-order valence-electron chi connectivity index (χ1n) is 8.47. The van der Waals surface area contributed by atoms with Crippen LogP contribution in [0.4, 0.5) is 5.95 Å². The Bertz CT molecular complexity index is 729. The molecule has 0 amide bonds. The summed E-state index contributed by atoms with van der Waals surface area (Å²) in [4.78, 5) is 10.9. The van der Waals surface area contributed by atoms with Crippen molar-refractivity contribution in [1.29, 1.82) is 0 Å². The molecular weight excluding hydrogens is 304 g/mol. The van der Waals surface area contributed by atoms with E-state index in [9.17, 15) is 0 Å².